The SMILES string of the molecule is C=CC(C)C(CCC)NCc1ccccc1. The highest BCUT2D eigenvalue weighted by molar-refractivity contribution is 5.14. The van der Waals surface area contributed by atoms with E-state index in [0.717, 1.165) is 6.54 Å². The van der Waals surface area contributed by atoms with Crippen LogP contribution in [-0.4, -0.2) is 6.04 Å². The smallest absolute Gasteiger partial charge is 0.0208 e. The summed E-state index contributed by atoms with van der Waals surface area (Å²) in [6, 6.07) is 11.1. The summed E-state index contributed by atoms with van der Waals surface area (Å²) in [6.45, 7) is 9.28. The van der Waals surface area contributed by atoms with Crippen molar-refractivity contribution in [2.45, 2.75) is 39.3 Å². The summed E-state index contributed by atoms with van der Waals surface area (Å²) >= 11 is 0. The van der Waals surface area contributed by atoms with Crippen LogP contribution < -0.4 is 5.32 Å². The van der Waals surface area contributed by atoms with Crippen LogP contribution in [0.15, 0.2) is 43.0 Å². The minimum atomic E-state index is 0.531. The summed E-state index contributed by atoms with van der Waals surface area (Å²) in [4.78, 5) is 0. The molecule has 1 rings (SSSR count). The number of hydrogen-bond donors (Lipinski definition) is 1. The maximum absolute atomic E-state index is 3.88. The molecule has 0 aliphatic rings. The highest BCUT2D eigenvalue weighted by Gasteiger charge is 2.12. The fourth-order valence-electron chi connectivity index (χ4n) is 1.87. The van der Waals surface area contributed by atoms with Crippen molar-refractivity contribution < 1.29 is 0 Å². The first-order valence-electron chi connectivity index (χ1n) is 6.17. The first kappa shape index (κ1) is 13.0. The van der Waals surface area contributed by atoms with E-state index >= 15 is 0 Å². The van der Waals surface area contributed by atoms with Crippen molar-refractivity contribution in [3.63, 3.8) is 0 Å². The lowest BCUT2D eigenvalue weighted by Crippen LogP contribution is -2.33. The lowest BCUT2D eigenvalue weighted by Gasteiger charge is -2.22. The molecule has 1 nitrogen and oxygen atoms in total. The van der Waals surface area contributed by atoms with Gasteiger partial charge in [-0.2, -0.15) is 0 Å². The molecular weight excluding hydrogens is 194 g/mol. The first-order valence-corrected chi connectivity index (χ1v) is 6.17. The Kier molecular flexibility index (Phi) is 5.87. The number of hydrogen-bond acceptors (Lipinski definition) is 1. The van der Waals surface area contributed by atoms with Gasteiger partial charge in [-0.3, -0.25) is 0 Å². The summed E-state index contributed by atoms with van der Waals surface area (Å²) < 4.78 is 0. The summed E-state index contributed by atoms with van der Waals surface area (Å²) in [7, 11) is 0. The molecular formula is C15H23N. The Labute approximate surface area is 99.6 Å². The van der Waals surface area contributed by atoms with Gasteiger partial charge in [-0.05, 0) is 17.9 Å². The summed E-state index contributed by atoms with van der Waals surface area (Å²) in [5.74, 6) is 0.531. The van der Waals surface area contributed by atoms with Crippen molar-refractivity contribution in [2.75, 3.05) is 0 Å². The van der Waals surface area contributed by atoms with Gasteiger partial charge in [-0.1, -0.05) is 56.7 Å². The van der Waals surface area contributed by atoms with Crippen LogP contribution in [0.4, 0.5) is 0 Å². The highest BCUT2D eigenvalue weighted by Crippen LogP contribution is 2.11. The average Bonchev–Trinajstić information content (AvgIpc) is 2.34. The van der Waals surface area contributed by atoms with Gasteiger partial charge in [0, 0.05) is 12.6 Å². The van der Waals surface area contributed by atoms with Crippen LogP contribution in [0.2, 0.25) is 0 Å². The van der Waals surface area contributed by atoms with E-state index in [1.54, 1.807) is 0 Å². The van der Waals surface area contributed by atoms with Crippen molar-refractivity contribution in [3.8, 4) is 0 Å². The average molecular weight is 217 g/mol. The molecule has 0 aromatic heterocycles. The van der Waals surface area contributed by atoms with Gasteiger partial charge < -0.3 is 5.32 Å². The predicted molar refractivity (Wildman–Crippen MR) is 71.3 cm³/mol. The lowest BCUT2D eigenvalue weighted by molar-refractivity contribution is 0.400. The van der Waals surface area contributed by atoms with Crippen molar-refractivity contribution in [1.82, 2.24) is 5.32 Å². The Morgan fingerprint density at radius 1 is 1.31 bits per heavy atom. The molecule has 16 heavy (non-hydrogen) atoms. The quantitative estimate of drug-likeness (QED) is 0.686. The second-order valence-electron chi connectivity index (χ2n) is 4.36. The lowest BCUT2D eigenvalue weighted by atomic mass is 9.97. The highest BCUT2D eigenvalue weighted by atomic mass is 14.9. The van der Waals surface area contributed by atoms with Gasteiger partial charge in [0.2, 0.25) is 0 Å². The van der Waals surface area contributed by atoms with Crippen molar-refractivity contribution >= 4 is 0 Å². The van der Waals surface area contributed by atoms with E-state index in [4.69, 9.17) is 0 Å². The monoisotopic (exact) mass is 217 g/mol. The van der Waals surface area contributed by atoms with Crippen molar-refractivity contribution in [3.05, 3.63) is 48.6 Å². The molecule has 1 heteroatoms. The third-order valence-corrected chi connectivity index (χ3v) is 3.02. The van der Waals surface area contributed by atoms with Crippen LogP contribution in [0, 0.1) is 5.92 Å². The summed E-state index contributed by atoms with van der Waals surface area (Å²) in [6.07, 6.45) is 4.46. The summed E-state index contributed by atoms with van der Waals surface area (Å²) in [5, 5.41) is 3.62. The Bertz CT molecular complexity index is 292. The third kappa shape index (κ3) is 4.19. The molecule has 0 bridgehead atoms. The van der Waals surface area contributed by atoms with Gasteiger partial charge in [0.1, 0.15) is 0 Å². The number of rotatable bonds is 7. The van der Waals surface area contributed by atoms with Crippen LogP contribution in [0.1, 0.15) is 32.3 Å². The van der Waals surface area contributed by atoms with Crippen LogP contribution in [0.3, 0.4) is 0 Å². The topological polar surface area (TPSA) is 12.0 Å². The molecule has 0 fully saturated rings. The Morgan fingerprint density at radius 3 is 2.56 bits per heavy atom. The molecule has 0 aliphatic heterocycles. The molecule has 0 heterocycles. The Morgan fingerprint density at radius 2 is 2.00 bits per heavy atom. The van der Waals surface area contributed by atoms with Gasteiger partial charge in [0.25, 0.3) is 0 Å². The zero-order valence-corrected chi connectivity index (χ0v) is 10.4. The van der Waals surface area contributed by atoms with Crippen LogP contribution in [0.5, 0.6) is 0 Å². The molecule has 0 saturated carbocycles. The van der Waals surface area contributed by atoms with Gasteiger partial charge in [0.05, 0.1) is 0 Å². The second kappa shape index (κ2) is 7.24. The number of benzene rings is 1. The maximum Gasteiger partial charge on any atom is 0.0208 e. The fraction of sp³-hybridized carbons (Fsp3) is 0.467. The molecule has 0 saturated heterocycles. The molecule has 0 amide bonds. The minimum absolute atomic E-state index is 0.531. The predicted octanol–water partition coefficient (Wildman–Crippen LogP) is 3.77. The molecule has 0 aliphatic carbocycles. The van der Waals surface area contributed by atoms with Crippen LogP contribution in [0.25, 0.3) is 0 Å². The second-order valence-corrected chi connectivity index (χ2v) is 4.36. The molecule has 1 N–H and O–H groups in total. The van der Waals surface area contributed by atoms with Gasteiger partial charge in [0.15, 0.2) is 0 Å². The summed E-state index contributed by atoms with van der Waals surface area (Å²) in [5.41, 5.74) is 1.35. The molecule has 2 atom stereocenters. The maximum atomic E-state index is 3.88. The zero-order chi connectivity index (χ0) is 11.8. The van der Waals surface area contributed by atoms with E-state index in [2.05, 4.69) is 56.1 Å². The van der Waals surface area contributed by atoms with E-state index in [1.165, 1.54) is 18.4 Å². The van der Waals surface area contributed by atoms with Crippen LogP contribution >= 0.6 is 0 Å². The number of nitrogens with one attached hydrogen (secondary N) is 1. The van der Waals surface area contributed by atoms with Crippen molar-refractivity contribution in [1.29, 1.82) is 0 Å². The largest absolute Gasteiger partial charge is 0.309 e. The zero-order valence-electron chi connectivity index (χ0n) is 10.4. The van der Waals surface area contributed by atoms with E-state index in [9.17, 15) is 0 Å². The van der Waals surface area contributed by atoms with Crippen LogP contribution in [-0.2, 0) is 6.54 Å². The molecule has 1 aromatic rings. The van der Waals surface area contributed by atoms with Gasteiger partial charge in [-0.25, -0.2) is 0 Å². The van der Waals surface area contributed by atoms with E-state index in [-0.39, 0.29) is 0 Å². The third-order valence-electron chi connectivity index (χ3n) is 3.02. The molecule has 0 spiro atoms. The van der Waals surface area contributed by atoms with Gasteiger partial charge in [-0.15, -0.1) is 6.58 Å². The fourth-order valence-corrected chi connectivity index (χ4v) is 1.87. The Balaban J connectivity index is 2.46. The normalized spacial score (nSPS) is 14.4. The molecule has 1 aromatic carbocycles. The molecule has 0 radical (unpaired) electrons. The minimum Gasteiger partial charge on any atom is -0.309 e. The standard InChI is InChI=1S/C15H23N/c1-4-9-15(13(3)5-2)16-12-14-10-7-6-8-11-14/h5-8,10-11,13,15-16H,2,4,9,12H2,1,3H3. The van der Waals surface area contributed by atoms with E-state index in [0.29, 0.717) is 12.0 Å². The van der Waals surface area contributed by atoms with Crippen molar-refractivity contribution in [2.24, 2.45) is 5.92 Å². The van der Waals surface area contributed by atoms with Gasteiger partial charge >= 0.3 is 0 Å². The Hall–Kier alpha value is -1.08. The molecule has 88 valence electrons. The van der Waals surface area contributed by atoms with E-state index in [1.807, 2.05) is 6.08 Å². The first-order chi connectivity index (χ1) is 7.77. The van der Waals surface area contributed by atoms with E-state index < -0.39 is 0 Å². The molecule has 2 unspecified atom stereocenters.